The highest BCUT2D eigenvalue weighted by Gasteiger charge is 2.12. The first-order valence-corrected chi connectivity index (χ1v) is 5.75. The second-order valence-electron chi connectivity index (χ2n) is 4.44. The van der Waals surface area contributed by atoms with Crippen molar-refractivity contribution >= 4 is 0 Å². The van der Waals surface area contributed by atoms with Crippen LogP contribution in [0.1, 0.15) is 22.3 Å². The van der Waals surface area contributed by atoms with Crippen molar-refractivity contribution in [1.82, 2.24) is 4.98 Å². The van der Waals surface area contributed by atoms with Gasteiger partial charge in [-0.05, 0) is 43.5 Å². The maximum atomic E-state index is 11.8. The van der Waals surface area contributed by atoms with E-state index in [0.29, 0.717) is 0 Å². The van der Waals surface area contributed by atoms with E-state index in [1.807, 2.05) is 51.1 Å². The predicted octanol–water partition coefficient (Wildman–Crippen LogP) is 2.84. The molecule has 0 fully saturated rings. The van der Waals surface area contributed by atoms with Gasteiger partial charge < -0.3 is 4.98 Å². The van der Waals surface area contributed by atoms with Gasteiger partial charge in [-0.25, -0.2) is 0 Å². The number of nitrogens with zero attached hydrogens (tertiary/aromatic N) is 1. The lowest BCUT2D eigenvalue weighted by atomic mass is 9.99. The molecule has 2 aromatic rings. The van der Waals surface area contributed by atoms with Gasteiger partial charge in [-0.15, -0.1) is 0 Å². The third-order valence-electron chi connectivity index (χ3n) is 3.20. The Labute approximate surface area is 106 Å². The zero-order valence-corrected chi connectivity index (χ0v) is 10.7. The molecule has 0 radical (unpaired) electrons. The molecule has 3 nitrogen and oxygen atoms in total. The average Bonchev–Trinajstić information content (AvgIpc) is 2.34. The Morgan fingerprint density at radius 3 is 2.50 bits per heavy atom. The molecule has 18 heavy (non-hydrogen) atoms. The summed E-state index contributed by atoms with van der Waals surface area (Å²) in [4.78, 5) is 14.6. The average molecular weight is 238 g/mol. The summed E-state index contributed by atoms with van der Waals surface area (Å²) in [6.07, 6.45) is 0. The molecule has 0 atom stereocenters. The summed E-state index contributed by atoms with van der Waals surface area (Å²) >= 11 is 0. The minimum Gasteiger partial charge on any atom is -0.321 e. The summed E-state index contributed by atoms with van der Waals surface area (Å²) in [5.41, 5.74) is 4.46. The maximum Gasteiger partial charge on any atom is 0.266 e. The summed E-state index contributed by atoms with van der Waals surface area (Å²) in [5.74, 6) is 0. The fourth-order valence-corrected chi connectivity index (χ4v) is 2.04. The van der Waals surface area contributed by atoms with Gasteiger partial charge >= 0.3 is 0 Å². The van der Waals surface area contributed by atoms with Gasteiger partial charge in [0.25, 0.3) is 5.56 Å². The summed E-state index contributed by atoms with van der Waals surface area (Å²) in [7, 11) is 0. The van der Waals surface area contributed by atoms with E-state index in [1.165, 1.54) is 0 Å². The van der Waals surface area contributed by atoms with Crippen molar-refractivity contribution in [3.05, 3.63) is 56.9 Å². The topological polar surface area (TPSA) is 56.6 Å². The SMILES string of the molecule is Cc1cccc(-c2[nH]c(=O)c(C#N)c(C)c2C)c1. The predicted molar refractivity (Wildman–Crippen MR) is 71.4 cm³/mol. The van der Waals surface area contributed by atoms with Gasteiger partial charge in [0.2, 0.25) is 0 Å². The largest absolute Gasteiger partial charge is 0.321 e. The van der Waals surface area contributed by atoms with Gasteiger partial charge in [0.05, 0.1) is 5.69 Å². The summed E-state index contributed by atoms with van der Waals surface area (Å²) in [6, 6.07) is 9.89. The van der Waals surface area contributed by atoms with Crippen molar-refractivity contribution in [3.8, 4) is 17.3 Å². The lowest BCUT2D eigenvalue weighted by Crippen LogP contribution is -2.15. The lowest BCUT2D eigenvalue weighted by Gasteiger charge is -2.10. The van der Waals surface area contributed by atoms with Crippen molar-refractivity contribution in [3.63, 3.8) is 0 Å². The molecule has 0 amide bonds. The normalized spacial score (nSPS) is 10.1. The van der Waals surface area contributed by atoms with E-state index in [2.05, 4.69) is 4.98 Å². The van der Waals surface area contributed by atoms with Crippen LogP contribution in [0.4, 0.5) is 0 Å². The number of benzene rings is 1. The van der Waals surface area contributed by atoms with Gasteiger partial charge in [0.1, 0.15) is 11.6 Å². The smallest absolute Gasteiger partial charge is 0.266 e. The van der Waals surface area contributed by atoms with Gasteiger partial charge in [-0.1, -0.05) is 23.8 Å². The highest BCUT2D eigenvalue weighted by atomic mass is 16.1. The number of aryl methyl sites for hydroxylation is 1. The van der Waals surface area contributed by atoms with E-state index in [1.54, 1.807) is 0 Å². The number of hydrogen-bond acceptors (Lipinski definition) is 2. The molecule has 2 rings (SSSR count). The molecule has 3 heteroatoms. The van der Waals surface area contributed by atoms with Crippen LogP contribution < -0.4 is 5.56 Å². The van der Waals surface area contributed by atoms with Crippen molar-refractivity contribution < 1.29 is 0 Å². The Morgan fingerprint density at radius 2 is 1.89 bits per heavy atom. The summed E-state index contributed by atoms with van der Waals surface area (Å²) in [6.45, 7) is 5.74. The van der Waals surface area contributed by atoms with Crippen LogP contribution in [-0.2, 0) is 0 Å². The van der Waals surface area contributed by atoms with Crippen LogP contribution in [0.2, 0.25) is 0 Å². The van der Waals surface area contributed by atoms with Crippen LogP contribution in [-0.4, -0.2) is 4.98 Å². The molecular weight excluding hydrogens is 224 g/mol. The molecule has 0 aliphatic carbocycles. The number of H-pyrrole nitrogens is 1. The molecular formula is C15H14N2O. The minimum atomic E-state index is -0.322. The standard InChI is InChI=1S/C15H14N2O/c1-9-5-4-6-12(7-9)14-11(3)10(2)13(8-16)15(18)17-14/h4-7H,1-3H3,(H,17,18). The van der Waals surface area contributed by atoms with Crippen molar-refractivity contribution in [1.29, 1.82) is 5.26 Å². The number of hydrogen-bond donors (Lipinski definition) is 1. The zero-order chi connectivity index (χ0) is 13.3. The van der Waals surface area contributed by atoms with Crippen molar-refractivity contribution in [2.75, 3.05) is 0 Å². The highest BCUT2D eigenvalue weighted by Crippen LogP contribution is 2.23. The maximum absolute atomic E-state index is 11.8. The van der Waals surface area contributed by atoms with Crippen molar-refractivity contribution in [2.24, 2.45) is 0 Å². The van der Waals surface area contributed by atoms with Gasteiger partial charge in [-0.2, -0.15) is 5.26 Å². The Hall–Kier alpha value is -2.34. The Balaban J connectivity index is 2.75. The van der Waals surface area contributed by atoms with Gasteiger partial charge in [0, 0.05) is 0 Å². The molecule has 1 heterocycles. The molecule has 90 valence electrons. The quantitative estimate of drug-likeness (QED) is 0.830. The van der Waals surface area contributed by atoms with Crippen molar-refractivity contribution in [2.45, 2.75) is 20.8 Å². The van der Waals surface area contributed by atoms with Crippen LogP contribution in [0.25, 0.3) is 11.3 Å². The molecule has 0 saturated heterocycles. The third kappa shape index (κ3) is 1.93. The number of aromatic amines is 1. The second kappa shape index (κ2) is 4.50. The monoisotopic (exact) mass is 238 g/mol. The molecule has 0 unspecified atom stereocenters. The number of rotatable bonds is 1. The van der Waals surface area contributed by atoms with Crippen LogP contribution in [0.5, 0.6) is 0 Å². The van der Waals surface area contributed by atoms with E-state index in [0.717, 1.165) is 27.9 Å². The number of nitriles is 1. The van der Waals surface area contributed by atoms with E-state index in [-0.39, 0.29) is 11.1 Å². The van der Waals surface area contributed by atoms with Crippen LogP contribution in [0.3, 0.4) is 0 Å². The molecule has 0 spiro atoms. The van der Waals surface area contributed by atoms with Crippen LogP contribution in [0.15, 0.2) is 29.1 Å². The van der Waals surface area contributed by atoms with E-state index in [4.69, 9.17) is 5.26 Å². The van der Waals surface area contributed by atoms with E-state index >= 15 is 0 Å². The number of aromatic nitrogens is 1. The van der Waals surface area contributed by atoms with Gasteiger partial charge in [0.15, 0.2) is 0 Å². The molecule has 1 N–H and O–H groups in total. The lowest BCUT2D eigenvalue weighted by molar-refractivity contribution is 1.14. The second-order valence-corrected chi connectivity index (χ2v) is 4.44. The third-order valence-corrected chi connectivity index (χ3v) is 3.20. The first-order chi connectivity index (χ1) is 8.54. The highest BCUT2D eigenvalue weighted by molar-refractivity contribution is 5.66. The summed E-state index contributed by atoms with van der Waals surface area (Å²) < 4.78 is 0. The molecule has 1 aromatic heterocycles. The Morgan fingerprint density at radius 1 is 1.17 bits per heavy atom. The number of pyridine rings is 1. The molecule has 1 aromatic carbocycles. The molecule has 0 aliphatic heterocycles. The molecule has 0 saturated carbocycles. The Kier molecular flexibility index (Phi) is 3.03. The first-order valence-electron chi connectivity index (χ1n) is 5.75. The Bertz CT molecular complexity index is 705. The van der Waals surface area contributed by atoms with E-state index < -0.39 is 0 Å². The van der Waals surface area contributed by atoms with Crippen LogP contribution >= 0.6 is 0 Å². The zero-order valence-electron chi connectivity index (χ0n) is 10.7. The fourth-order valence-electron chi connectivity index (χ4n) is 2.04. The minimum absolute atomic E-state index is 0.198. The number of nitrogens with one attached hydrogen (secondary N) is 1. The van der Waals surface area contributed by atoms with E-state index in [9.17, 15) is 4.79 Å². The van der Waals surface area contributed by atoms with Gasteiger partial charge in [-0.3, -0.25) is 4.79 Å². The fraction of sp³-hybridized carbons (Fsp3) is 0.200. The van der Waals surface area contributed by atoms with Crippen LogP contribution in [0, 0.1) is 32.1 Å². The molecule has 0 bridgehead atoms. The molecule has 0 aliphatic rings. The first kappa shape index (κ1) is 12.1. The summed E-state index contributed by atoms with van der Waals surface area (Å²) in [5, 5.41) is 8.96.